The van der Waals surface area contributed by atoms with E-state index < -0.39 is 30.9 Å². The number of nitrogens with one attached hydrogen (secondary N) is 1. The summed E-state index contributed by atoms with van der Waals surface area (Å²) < 4.78 is 65.0. The van der Waals surface area contributed by atoms with Gasteiger partial charge in [-0.25, -0.2) is 14.5 Å². The number of carbonyl (C=O) groups is 1. The number of pyridine rings is 1. The van der Waals surface area contributed by atoms with Crippen molar-refractivity contribution in [3.05, 3.63) is 89.5 Å². The SMILES string of the molecule is O=C(O)N[C@H]1CCN(c2ccc(/C(=C(/CC(F)(F)F)c3ccccc3)c3ccc4c(c3)c(F)nn4C3CCCCO3)cn2)C1. The smallest absolute Gasteiger partial charge is 0.404 e. The predicted molar refractivity (Wildman–Crippen MR) is 158 cm³/mol. The minimum absolute atomic E-state index is 0.0299. The Morgan fingerprint density at radius 1 is 1.02 bits per heavy atom. The number of benzene rings is 2. The molecule has 6 rings (SSSR count). The summed E-state index contributed by atoms with van der Waals surface area (Å²) in [7, 11) is 0. The number of fused-ring (bicyclic) bond motifs is 1. The first-order valence-corrected chi connectivity index (χ1v) is 14.5. The molecule has 230 valence electrons. The number of anilines is 1. The average Bonchev–Trinajstić information content (AvgIpc) is 3.61. The fourth-order valence-electron chi connectivity index (χ4n) is 6.07. The molecule has 8 nitrogen and oxygen atoms in total. The van der Waals surface area contributed by atoms with Crippen molar-refractivity contribution < 1.29 is 32.2 Å². The molecule has 2 aromatic carbocycles. The van der Waals surface area contributed by atoms with E-state index in [4.69, 9.17) is 9.84 Å². The quantitative estimate of drug-likeness (QED) is 0.173. The van der Waals surface area contributed by atoms with Crippen molar-refractivity contribution in [2.24, 2.45) is 0 Å². The van der Waals surface area contributed by atoms with Crippen molar-refractivity contribution >= 4 is 34.0 Å². The van der Waals surface area contributed by atoms with Crippen molar-refractivity contribution in [2.45, 2.75) is 50.6 Å². The lowest BCUT2D eigenvalue weighted by atomic mass is 9.88. The summed E-state index contributed by atoms with van der Waals surface area (Å²) in [5, 5.41) is 15.8. The van der Waals surface area contributed by atoms with Gasteiger partial charge in [-0.05, 0) is 72.2 Å². The Bertz CT molecular complexity index is 1670. The molecule has 0 aliphatic carbocycles. The Morgan fingerprint density at radius 3 is 2.50 bits per heavy atom. The van der Waals surface area contributed by atoms with Crippen LogP contribution in [0.15, 0.2) is 66.9 Å². The molecule has 4 aromatic rings. The van der Waals surface area contributed by atoms with Crippen LogP contribution in [0, 0.1) is 5.95 Å². The van der Waals surface area contributed by atoms with Gasteiger partial charge in [0, 0.05) is 31.5 Å². The van der Waals surface area contributed by atoms with E-state index in [9.17, 15) is 18.0 Å². The normalized spacial score (nSPS) is 19.7. The van der Waals surface area contributed by atoms with Crippen LogP contribution in [0.25, 0.3) is 22.0 Å². The maximum atomic E-state index is 15.3. The lowest BCUT2D eigenvalue weighted by Crippen LogP contribution is -2.36. The molecule has 44 heavy (non-hydrogen) atoms. The van der Waals surface area contributed by atoms with Gasteiger partial charge in [-0.3, -0.25) is 0 Å². The van der Waals surface area contributed by atoms with Crippen molar-refractivity contribution in [1.29, 1.82) is 0 Å². The number of ether oxygens (including phenoxy) is 1. The van der Waals surface area contributed by atoms with Gasteiger partial charge in [0.15, 0.2) is 6.23 Å². The first kappa shape index (κ1) is 29.6. The minimum Gasteiger partial charge on any atom is -0.465 e. The number of amides is 1. The number of carboxylic acid groups (broad SMARTS) is 1. The molecule has 0 spiro atoms. The number of alkyl halides is 3. The Labute approximate surface area is 251 Å². The van der Waals surface area contributed by atoms with E-state index in [0.29, 0.717) is 60.6 Å². The predicted octanol–water partition coefficient (Wildman–Crippen LogP) is 7.03. The van der Waals surface area contributed by atoms with E-state index in [0.717, 1.165) is 12.8 Å². The van der Waals surface area contributed by atoms with Gasteiger partial charge < -0.3 is 20.1 Å². The second-order valence-electron chi connectivity index (χ2n) is 11.1. The number of halogens is 4. The van der Waals surface area contributed by atoms with E-state index in [1.165, 1.54) is 10.9 Å². The van der Waals surface area contributed by atoms with Crippen molar-refractivity contribution in [3.8, 4) is 0 Å². The lowest BCUT2D eigenvalue weighted by Gasteiger charge is -2.23. The second-order valence-corrected chi connectivity index (χ2v) is 11.1. The van der Waals surface area contributed by atoms with Crippen molar-refractivity contribution in [2.75, 3.05) is 24.6 Å². The molecule has 0 radical (unpaired) electrons. The first-order chi connectivity index (χ1) is 21.2. The van der Waals surface area contributed by atoms with E-state index in [-0.39, 0.29) is 22.6 Å². The Kier molecular flexibility index (Phi) is 8.26. The monoisotopic (exact) mass is 609 g/mol. The van der Waals surface area contributed by atoms with Gasteiger partial charge in [0.2, 0.25) is 5.95 Å². The van der Waals surface area contributed by atoms with E-state index >= 15 is 4.39 Å². The molecule has 0 saturated carbocycles. The van der Waals surface area contributed by atoms with E-state index in [1.54, 1.807) is 60.7 Å². The van der Waals surface area contributed by atoms with Crippen molar-refractivity contribution in [1.82, 2.24) is 20.1 Å². The largest absolute Gasteiger partial charge is 0.465 e. The number of nitrogens with zero attached hydrogens (tertiary/aromatic N) is 4. The summed E-state index contributed by atoms with van der Waals surface area (Å²) in [6.07, 6.45) is -2.59. The molecule has 1 amide bonds. The van der Waals surface area contributed by atoms with Crippen LogP contribution in [0.5, 0.6) is 0 Å². The third-order valence-electron chi connectivity index (χ3n) is 8.06. The Hall–Kier alpha value is -4.45. The molecule has 4 heterocycles. The molecule has 2 atom stereocenters. The van der Waals surface area contributed by atoms with Gasteiger partial charge in [-0.2, -0.15) is 17.6 Å². The summed E-state index contributed by atoms with van der Waals surface area (Å²) >= 11 is 0. The molecule has 2 saturated heterocycles. The summed E-state index contributed by atoms with van der Waals surface area (Å²) in [6, 6.07) is 16.4. The minimum atomic E-state index is -4.52. The van der Waals surface area contributed by atoms with Crippen molar-refractivity contribution in [3.63, 3.8) is 0 Å². The molecular formula is C32H31F4N5O3. The Morgan fingerprint density at radius 2 is 1.82 bits per heavy atom. The van der Waals surface area contributed by atoms with Crippen LogP contribution in [0.4, 0.5) is 28.2 Å². The standard InChI is InChI=1S/C32H31F4N5O3/c33-30-24-16-21(9-11-26(24)41(39-30)28-8-4-5-15-44-28)29(25(17-32(34,35)36)20-6-2-1-3-7-20)22-10-12-27(37-18-22)40-14-13-23(19-40)38-31(42)43/h1-3,6-7,9-12,16,18,23,28,38H,4-5,8,13-15,17,19H2,(H,42,43)/b29-25-/t23-,28?/m0/s1. The number of allylic oxidation sites excluding steroid dienone is 1. The van der Waals surface area contributed by atoms with Crippen LogP contribution in [0.1, 0.15) is 55.0 Å². The highest BCUT2D eigenvalue weighted by Crippen LogP contribution is 2.40. The van der Waals surface area contributed by atoms with Crippen LogP contribution in [-0.2, 0) is 4.74 Å². The molecule has 0 bridgehead atoms. The molecule has 2 aromatic heterocycles. The van der Waals surface area contributed by atoms with Crippen LogP contribution in [-0.4, -0.2) is 57.9 Å². The molecule has 2 aliphatic heterocycles. The molecule has 1 unspecified atom stereocenters. The van der Waals surface area contributed by atoms with Crippen LogP contribution in [0.3, 0.4) is 0 Å². The summed E-state index contributed by atoms with van der Waals surface area (Å²) in [5.41, 5.74) is 2.02. The number of aromatic nitrogens is 3. The highest BCUT2D eigenvalue weighted by Gasteiger charge is 2.32. The zero-order valence-electron chi connectivity index (χ0n) is 23.7. The van der Waals surface area contributed by atoms with Gasteiger partial charge in [-0.15, -0.1) is 5.10 Å². The lowest BCUT2D eigenvalue weighted by molar-refractivity contribution is -0.122. The summed E-state index contributed by atoms with van der Waals surface area (Å²) in [4.78, 5) is 17.5. The molecular weight excluding hydrogens is 578 g/mol. The topological polar surface area (TPSA) is 92.5 Å². The maximum Gasteiger partial charge on any atom is 0.404 e. The summed E-state index contributed by atoms with van der Waals surface area (Å²) in [6.45, 7) is 1.55. The molecule has 2 aliphatic rings. The fourth-order valence-corrected chi connectivity index (χ4v) is 6.07. The van der Waals surface area contributed by atoms with Crippen LogP contribution >= 0.6 is 0 Å². The van der Waals surface area contributed by atoms with Gasteiger partial charge in [0.25, 0.3) is 0 Å². The van der Waals surface area contributed by atoms with Gasteiger partial charge >= 0.3 is 12.3 Å². The Balaban J connectivity index is 1.46. The second kappa shape index (κ2) is 12.3. The third-order valence-corrected chi connectivity index (χ3v) is 8.06. The molecule has 2 fully saturated rings. The highest BCUT2D eigenvalue weighted by molar-refractivity contribution is 6.00. The fraction of sp³-hybridized carbons (Fsp3) is 0.344. The first-order valence-electron chi connectivity index (χ1n) is 14.5. The molecule has 12 heteroatoms. The van der Waals surface area contributed by atoms with E-state index in [2.05, 4.69) is 15.4 Å². The summed E-state index contributed by atoms with van der Waals surface area (Å²) in [5.74, 6) is -0.144. The number of hydrogen-bond donors (Lipinski definition) is 2. The third kappa shape index (κ3) is 6.40. The van der Waals surface area contributed by atoms with Gasteiger partial charge in [-0.1, -0.05) is 36.4 Å². The van der Waals surface area contributed by atoms with Gasteiger partial charge in [0.1, 0.15) is 5.82 Å². The number of rotatable bonds is 7. The zero-order chi connectivity index (χ0) is 30.8. The highest BCUT2D eigenvalue weighted by atomic mass is 19.4. The zero-order valence-corrected chi connectivity index (χ0v) is 23.7. The number of hydrogen-bond acceptors (Lipinski definition) is 5. The van der Waals surface area contributed by atoms with Crippen LogP contribution in [0.2, 0.25) is 0 Å². The van der Waals surface area contributed by atoms with Gasteiger partial charge in [0.05, 0.1) is 23.4 Å². The average molecular weight is 610 g/mol. The van der Waals surface area contributed by atoms with E-state index in [1.807, 2.05) is 4.90 Å². The maximum absolute atomic E-state index is 15.3. The van der Waals surface area contributed by atoms with Crippen LogP contribution < -0.4 is 10.2 Å². The molecule has 2 N–H and O–H groups in total.